The summed E-state index contributed by atoms with van der Waals surface area (Å²) in [5.74, 6) is 0.754. The van der Waals surface area contributed by atoms with Gasteiger partial charge in [0.25, 0.3) is 0 Å². The normalized spacial score (nSPS) is 11.7. The first-order valence-electron chi connectivity index (χ1n) is 6.19. The van der Waals surface area contributed by atoms with E-state index in [0.717, 1.165) is 30.0 Å². The quantitative estimate of drug-likeness (QED) is 0.844. The van der Waals surface area contributed by atoms with Gasteiger partial charge in [0, 0.05) is 17.8 Å². The minimum atomic E-state index is 0.313. The molecule has 2 aromatic rings. The SMILES string of the molecule is CC(C)(C)CCn1cnc(-c2ccc(N)cc2)n1. The summed E-state index contributed by atoms with van der Waals surface area (Å²) in [6.45, 7) is 7.58. The van der Waals surface area contributed by atoms with Crippen LogP contribution in [0.1, 0.15) is 27.2 Å². The van der Waals surface area contributed by atoms with Gasteiger partial charge in [0.1, 0.15) is 6.33 Å². The molecular weight excluding hydrogens is 224 g/mol. The molecule has 0 saturated carbocycles. The Kier molecular flexibility index (Phi) is 3.36. The molecule has 0 fully saturated rings. The molecule has 0 unspecified atom stereocenters. The summed E-state index contributed by atoms with van der Waals surface area (Å²) in [5.41, 5.74) is 7.73. The van der Waals surface area contributed by atoms with E-state index in [2.05, 4.69) is 30.9 Å². The van der Waals surface area contributed by atoms with E-state index in [-0.39, 0.29) is 0 Å². The van der Waals surface area contributed by atoms with Crippen molar-refractivity contribution >= 4 is 5.69 Å². The van der Waals surface area contributed by atoms with E-state index >= 15 is 0 Å². The number of nitrogens with zero attached hydrogens (tertiary/aromatic N) is 3. The summed E-state index contributed by atoms with van der Waals surface area (Å²) in [6, 6.07) is 7.62. The molecule has 0 radical (unpaired) electrons. The maximum absolute atomic E-state index is 5.66. The van der Waals surface area contributed by atoms with Crippen molar-refractivity contribution in [3.05, 3.63) is 30.6 Å². The second-order valence-corrected chi connectivity index (χ2v) is 5.76. The molecule has 1 aromatic carbocycles. The minimum absolute atomic E-state index is 0.313. The first-order chi connectivity index (χ1) is 8.44. The number of aromatic nitrogens is 3. The van der Waals surface area contributed by atoms with Crippen LogP contribution in [0.4, 0.5) is 5.69 Å². The molecule has 1 heterocycles. The molecule has 4 nitrogen and oxygen atoms in total. The van der Waals surface area contributed by atoms with Crippen molar-refractivity contribution in [1.29, 1.82) is 0 Å². The Morgan fingerprint density at radius 3 is 2.44 bits per heavy atom. The van der Waals surface area contributed by atoms with Gasteiger partial charge in [-0.05, 0) is 36.1 Å². The van der Waals surface area contributed by atoms with Crippen LogP contribution in [0.15, 0.2) is 30.6 Å². The van der Waals surface area contributed by atoms with Gasteiger partial charge in [0.15, 0.2) is 5.82 Å². The fourth-order valence-electron chi connectivity index (χ4n) is 1.62. The van der Waals surface area contributed by atoms with Crippen molar-refractivity contribution in [2.75, 3.05) is 5.73 Å². The summed E-state index contributed by atoms with van der Waals surface area (Å²) in [7, 11) is 0. The zero-order valence-corrected chi connectivity index (χ0v) is 11.2. The lowest BCUT2D eigenvalue weighted by molar-refractivity contribution is 0.341. The Balaban J connectivity index is 2.08. The highest BCUT2D eigenvalue weighted by molar-refractivity contribution is 5.57. The molecule has 1 aromatic heterocycles. The minimum Gasteiger partial charge on any atom is -0.399 e. The Labute approximate surface area is 108 Å². The fourth-order valence-corrected chi connectivity index (χ4v) is 1.62. The van der Waals surface area contributed by atoms with Crippen LogP contribution < -0.4 is 5.73 Å². The van der Waals surface area contributed by atoms with Crippen molar-refractivity contribution < 1.29 is 0 Å². The third-order valence-electron chi connectivity index (χ3n) is 2.80. The van der Waals surface area contributed by atoms with E-state index in [9.17, 15) is 0 Å². The smallest absolute Gasteiger partial charge is 0.181 e. The molecule has 0 bridgehead atoms. The average molecular weight is 244 g/mol. The molecule has 0 saturated heterocycles. The van der Waals surface area contributed by atoms with Crippen molar-refractivity contribution in [2.24, 2.45) is 5.41 Å². The van der Waals surface area contributed by atoms with Gasteiger partial charge in [-0.2, -0.15) is 5.10 Å². The molecule has 2 rings (SSSR count). The van der Waals surface area contributed by atoms with Gasteiger partial charge in [-0.15, -0.1) is 0 Å². The van der Waals surface area contributed by atoms with E-state index in [1.165, 1.54) is 0 Å². The van der Waals surface area contributed by atoms with E-state index < -0.39 is 0 Å². The fraction of sp³-hybridized carbons (Fsp3) is 0.429. The van der Waals surface area contributed by atoms with Crippen LogP contribution in [0.2, 0.25) is 0 Å². The van der Waals surface area contributed by atoms with E-state index in [1.54, 1.807) is 6.33 Å². The molecular formula is C14H20N4. The molecule has 0 amide bonds. The van der Waals surface area contributed by atoms with Crippen LogP contribution in [-0.4, -0.2) is 14.8 Å². The van der Waals surface area contributed by atoms with Crippen LogP contribution in [-0.2, 0) is 6.54 Å². The van der Waals surface area contributed by atoms with Crippen LogP contribution in [0, 0.1) is 5.41 Å². The Bertz CT molecular complexity index is 505. The number of benzene rings is 1. The molecule has 0 aliphatic heterocycles. The van der Waals surface area contributed by atoms with Crippen molar-refractivity contribution in [2.45, 2.75) is 33.7 Å². The average Bonchev–Trinajstić information content (AvgIpc) is 2.75. The number of nitrogens with two attached hydrogens (primary N) is 1. The first-order valence-corrected chi connectivity index (χ1v) is 6.19. The number of anilines is 1. The summed E-state index contributed by atoms with van der Waals surface area (Å²) in [6.07, 6.45) is 2.87. The highest BCUT2D eigenvalue weighted by Crippen LogP contribution is 2.20. The predicted octanol–water partition coefficient (Wildman–Crippen LogP) is 2.96. The third kappa shape index (κ3) is 3.32. The van der Waals surface area contributed by atoms with Crippen LogP contribution in [0.3, 0.4) is 0 Å². The second kappa shape index (κ2) is 4.80. The van der Waals surface area contributed by atoms with E-state index in [4.69, 9.17) is 5.73 Å². The van der Waals surface area contributed by atoms with Crippen molar-refractivity contribution in [3.8, 4) is 11.4 Å². The van der Waals surface area contributed by atoms with Crippen LogP contribution >= 0.6 is 0 Å². The Hall–Kier alpha value is -1.84. The maximum atomic E-state index is 5.66. The molecule has 0 spiro atoms. The predicted molar refractivity (Wildman–Crippen MR) is 73.9 cm³/mol. The van der Waals surface area contributed by atoms with Crippen LogP contribution in [0.5, 0.6) is 0 Å². The summed E-state index contributed by atoms with van der Waals surface area (Å²) in [4.78, 5) is 4.33. The van der Waals surface area contributed by atoms with Crippen molar-refractivity contribution in [1.82, 2.24) is 14.8 Å². The second-order valence-electron chi connectivity index (χ2n) is 5.76. The molecule has 96 valence electrons. The first kappa shape index (κ1) is 12.6. The van der Waals surface area contributed by atoms with Gasteiger partial charge in [-0.1, -0.05) is 20.8 Å². The lowest BCUT2D eigenvalue weighted by Gasteiger charge is -2.17. The van der Waals surface area contributed by atoms with Gasteiger partial charge in [0.2, 0.25) is 0 Å². The topological polar surface area (TPSA) is 56.7 Å². The Morgan fingerprint density at radius 2 is 1.83 bits per heavy atom. The molecule has 0 atom stereocenters. The third-order valence-corrected chi connectivity index (χ3v) is 2.80. The van der Waals surface area contributed by atoms with Gasteiger partial charge in [-0.3, -0.25) is 4.68 Å². The summed E-state index contributed by atoms with van der Waals surface area (Å²) < 4.78 is 1.90. The molecule has 0 aliphatic rings. The highest BCUT2D eigenvalue weighted by Gasteiger charge is 2.11. The number of nitrogen functional groups attached to an aromatic ring is 1. The van der Waals surface area contributed by atoms with Gasteiger partial charge < -0.3 is 5.73 Å². The zero-order valence-electron chi connectivity index (χ0n) is 11.2. The lowest BCUT2D eigenvalue weighted by Crippen LogP contribution is -2.10. The van der Waals surface area contributed by atoms with E-state index in [1.807, 2.05) is 28.9 Å². The number of rotatable bonds is 3. The molecule has 2 N–H and O–H groups in total. The maximum Gasteiger partial charge on any atom is 0.181 e. The van der Waals surface area contributed by atoms with Gasteiger partial charge in [-0.25, -0.2) is 4.98 Å². The summed E-state index contributed by atoms with van der Waals surface area (Å²) >= 11 is 0. The highest BCUT2D eigenvalue weighted by atomic mass is 15.3. The zero-order chi connectivity index (χ0) is 13.2. The summed E-state index contributed by atoms with van der Waals surface area (Å²) in [5, 5.41) is 4.48. The standard InChI is InChI=1S/C14H20N4/c1-14(2,3)8-9-18-10-16-13(17-18)11-4-6-12(15)7-5-11/h4-7,10H,8-9,15H2,1-3H3. The number of aryl methyl sites for hydroxylation is 1. The van der Waals surface area contributed by atoms with E-state index in [0.29, 0.717) is 5.41 Å². The molecule has 0 aliphatic carbocycles. The van der Waals surface area contributed by atoms with Gasteiger partial charge in [0.05, 0.1) is 0 Å². The molecule has 4 heteroatoms. The van der Waals surface area contributed by atoms with Crippen molar-refractivity contribution in [3.63, 3.8) is 0 Å². The number of hydrogen-bond acceptors (Lipinski definition) is 3. The number of hydrogen-bond donors (Lipinski definition) is 1. The Morgan fingerprint density at radius 1 is 1.17 bits per heavy atom. The van der Waals surface area contributed by atoms with Gasteiger partial charge >= 0.3 is 0 Å². The molecule has 18 heavy (non-hydrogen) atoms. The largest absolute Gasteiger partial charge is 0.399 e. The van der Waals surface area contributed by atoms with Crippen LogP contribution in [0.25, 0.3) is 11.4 Å². The monoisotopic (exact) mass is 244 g/mol. The lowest BCUT2D eigenvalue weighted by atomic mass is 9.92.